The molecule has 1 amide bonds. The van der Waals surface area contributed by atoms with Gasteiger partial charge >= 0.3 is 0 Å². The van der Waals surface area contributed by atoms with Crippen LogP contribution in [0.1, 0.15) is 13.8 Å². The van der Waals surface area contributed by atoms with Gasteiger partial charge in [0.15, 0.2) is 3.92 Å². The molecule has 0 saturated carbocycles. The predicted octanol–water partition coefficient (Wildman–Crippen LogP) is 1.58. The van der Waals surface area contributed by atoms with Crippen LogP contribution in [0.2, 0.25) is 0 Å². The number of aromatic nitrogens is 2. The highest BCUT2D eigenvalue weighted by atomic mass is 79.9. The molecule has 0 fully saturated rings. The first-order valence-electron chi connectivity index (χ1n) is 4.68. The van der Waals surface area contributed by atoms with Gasteiger partial charge < -0.3 is 10.2 Å². The first-order chi connectivity index (χ1) is 7.17. The summed E-state index contributed by atoms with van der Waals surface area (Å²) in [4.78, 5) is 13.4. The maximum absolute atomic E-state index is 11.6. The van der Waals surface area contributed by atoms with Crippen LogP contribution in [0.15, 0.2) is 3.92 Å². The number of carbonyl (C=O) groups is 1. The van der Waals surface area contributed by atoms with Crippen LogP contribution in [-0.2, 0) is 4.79 Å². The van der Waals surface area contributed by atoms with Crippen LogP contribution in [0.4, 0.5) is 5.13 Å². The minimum absolute atomic E-state index is 0.0753. The number of amides is 1. The lowest BCUT2D eigenvalue weighted by molar-refractivity contribution is -0.128. The van der Waals surface area contributed by atoms with Crippen LogP contribution in [0.5, 0.6) is 0 Å². The van der Waals surface area contributed by atoms with Gasteiger partial charge in [-0.2, -0.15) is 0 Å². The van der Waals surface area contributed by atoms with Gasteiger partial charge in [0.25, 0.3) is 0 Å². The van der Waals surface area contributed by atoms with Gasteiger partial charge in [-0.1, -0.05) is 11.3 Å². The third-order valence-electron chi connectivity index (χ3n) is 1.91. The van der Waals surface area contributed by atoms with Gasteiger partial charge in [0.2, 0.25) is 11.0 Å². The number of rotatable bonds is 5. The van der Waals surface area contributed by atoms with Crippen molar-refractivity contribution in [1.82, 2.24) is 15.1 Å². The fraction of sp³-hybridized carbons (Fsp3) is 0.625. The molecule has 0 radical (unpaired) electrons. The Kier molecular flexibility index (Phi) is 4.97. The number of carbonyl (C=O) groups excluding carboxylic acids is 1. The predicted molar refractivity (Wildman–Crippen MR) is 64.0 cm³/mol. The van der Waals surface area contributed by atoms with E-state index in [0.717, 1.165) is 13.1 Å². The van der Waals surface area contributed by atoms with Crippen LogP contribution in [-0.4, -0.2) is 40.6 Å². The number of hydrogen-bond acceptors (Lipinski definition) is 5. The zero-order chi connectivity index (χ0) is 11.3. The fourth-order valence-electron chi connectivity index (χ4n) is 1.12. The van der Waals surface area contributed by atoms with Crippen molar-refractivity contribution in [3.05, 3.63) is 3.92 Å². The van der Waals surface area contributed by atoms with Gasteiger partial charge in [-0.3, -0.25) is 4.79 Å². The molecule has 0 unspecified atom stereocenters. The molecule has 84 valence electrons. The van der Waals surface area contributed by atoms with Crippen LogP contribution in [0.25, 0.3) is 0 Å². The second kappa shape index (κ2) is 6.02. The van der Waals surface area contributed by atoms with E-state index in [4.69, 9.17) is 0 Å². The van der Waals surface area contributed by atoms with Crippen molar-refractivity contribution in [3.8, 4) is 0 Å². The first kappa shape index (κ1) is 12.4. The number of halogens is 1. The van der Waals surface area contributed by atoms with E-state index in [9.17, 15) is 4.79 Å². The largest absolute Gasteiger partial charge is 0.351 e. The van der Waals surface area contributed by atoms with Gasteiger partial charge in [0.1, 0.15) is 0 Å². The highest BCUT2D eigenvalue weighted by molar-refractivity contribution is 9.11. The monoisotopic (exact) mass is 292 g/mol. The van der Waals surface area contributed by atoms with Crippen LogP contribution < -0.4 is 5.32 Å². The lowest BCUT2D eigenvalue weighted by atomic mass is 10.4. The zero-order valence-electron chi connectivity index (χ0n) is 8.66. The van der Waals surface area contributed by atoms with E-state index in [2.05, 4.69) is 31.4 Å². The number of anilines is 1. The lowest BCUT2D eigenvalue weighted by Crippen LogP contribution is -2.35. The number of likely N-dealkylation sites (N-methyl/N-ethyl adjacent to an activating group) is 1. The molecule has 0 aliphatic heterocycles. The molecule has 7 heteroatoms. The molecule has 5 nitrogen and oxygen atoms in total. The Morgan fingerprint density at radius 3 is 2.60 bits per heavy atom. The first-order valence-corrected chi connectivity index (χ1v) is 6.29. The Hall–Kier alpha value is -0.690. The second-order valence-corrected chi connectivity index (χ2v) is 5.03. The minimum Gasteiger partial charge on any atom is -0.351 e. The van der Waals surface area contributed by atoms with Crippen LogP contribution >= 0.6 is 27.3 Å². The van der Waals surface area contributed by atoms with Crippen molar-refractivity contribution < 1.29 is 4.79 Å². The van der Waals surface area contributed by atoms with E-state index in [-0.39, 0.29) is 12.5 Å². The van der Waals surface area contributed by atoms with Crippen molar-refractivity contribution in [1.29, 1.82) is 0 Å². The Bertz CT molecular complexity index is 326. The molecule has 0 aliphatic carbocycles. The van der Waals surface area contributed by atoms with Crippen molar-refractivity contribution in [2.75, 3.05) is 25.0 Å². The fourth-order valence-corrected chi connectivity index (χ4v) is 2.12. The standard InChI is InChI=1S/C8H13BrN4OS/c1-3-13(4-2)6(14)5-10-8-12-11-7(9)15-8/h3-5H2,1-2H3,(H,10,12). The Labute approximate surface area is 101 Å². The summed E-state index contributed by atoms with van der Waals surface area (Å²) in [6, 6.07) is 0. The van der Waals surface area contributed by atoms with Gasteiger partial charge in [0.05, 0.1) is 6.54 Å². The molecule has 1 rings (SSSR count). The summed E-state index contributed by atoms with van der Waals surface area (Å²) in [5.74, 6) is 0.0753. The molecule has 0 aliphatic rings. The van der Waals surface area contributed by atoms with Gasteiger partial charge in [-0.25, -0.2) is 0 Å². The molecule has 1 heterocycles. The molecule has 1 aromatic rings. The summed E-state index contributed by atoms with van der Waals surface area (Å²) in [5.41, 5.74) is 0. The number of hydrogen-bond donors (Lipinski definition) is 1. The molecule has 1 N–H and O–H groups in total. The van der Waals surface area contributed by atoms with Crippen LogP contribution in [0.3, 0.4) is 0 Å². The number of nitrogens with one attached hydrogen (secondary N) is 1. The van der Waals surface area contributed by atoms with E-state index in [1.807, 2.05) is 13.8 Å². The van der Waals surface area contributed by atoms with Crippen LogP contribution in [0, 0.1) is 0 Å². The van der Waals surface area contributed by atoms with E-state index >= 15 is 0 Å². The third-order valence-corrected chi connectivity index (χ3v) is 3.22. The third kappa shape index (κ3) is 3.75. The molecule has 0 spiro atoms. The van der Waals surface area contributed by atoms with Gasteiger partial charge in [-0.15, -0.1) is 10.2 Å². The Balaban J connectivity index is 2.40. The van der Waals surface area contributed by atoms with E-state index in [0.29, 0.717) is 9.05 Å². The Morgan fingerprint density at radius 1 is 1.47 bits per heavy atom. The van der Waals surface area contributed by atoms with Gasteiger partial charge in [0, 0.05) is 13.1 Å². The molecular formula is C8H13BrN4OS. The molecule has 0 aromatic carbocycles. The summed E-state index contributed by atoms with van der Waals surface area (Å²) in [5, 5.41) is 11.2. The van der Waals surface area contributed by atoms with E-state index in [1.54, 1.807) is 4.90 Å². The van der Waals surface area contributed by atoms with Crippen molar-refractivity contribution >= 4 is 38.3 Å². The second-order valence-electron chi connectivity index (χ2n) is 2.78. The van der Waals surface area contributed by atoms with Gasteiger partial charge in [-0.05, 0) is 29.8 Å². The molecule has 1 aromatic heterocycles. The van der Waals surface area contributed by atoms with Crippen molar-refractivity contribution in [2.45, 2.75) is 13.8 Å². The summed E-state index contributed by atoms with van der Waals surface area (Å²) in [6.45, 7) is 5.66. The minimum atomic E-state index is 0.0753. The summed E-state index contributed by atoms with van der Waals surface area (Å²) >= 11 is 4.57. The molecular weight excluding hydrogens is 280 g/mol. The number of nitrogens with zero attached hydrogens (tertiary/aromatic N) is 3. The summed E-state index contributed by atoms with van der Waals surface area (Å²) in [7, 11) is 0. The topological polar surface area (TPSA) is 58.1 Å². The normalized spacial score (nSPS) is 10.1. The average molecular weight is 293 g/mol. The quantitative estimate of drug-likeness (QED) is 0.895. The maximum Gasteiger partial charge on any atom is 0.241 e. The Morgan fingerprint density at radius 2 is 2.13 bits per heavy atom. The SMILES string of the molecule is CCN(CC)C(=O)CNc1nnc(Br)s1. The lowest BCUT2D eigenvalue weighted by Gasteiger charge is -2.18. The average Bonchev–Trinajstić information content (AvgIpc) is 2.63. The highest BCUT2D eigenvalue weighted by Gasteiger charge is 2.09. The maximum atomic E-state index is 11.6. The van der Waals surface area contributed by atoms with E-state index < -0.39 is 0 Å². The van der Waals surface area contributed by atoms with Crippen molar-refractivity contribution in [2.24, 2.45) is 0 Å². The molecule has 0 bridgehead atoms. The van der Waals surface area contributed by atoms with E-state index in [1.165, 1.54) is 11.3 Å². The summed E-state index contributed by atoms with van der Waals surface area (Å²) < 4.78 is 0.709. The molecule has 0 atom stereocenters. The highest BCUT2D eigenvalue weighted by Crippen LogP contribution is 2.19. The molecule has 0 saturated heterocycles. The summed E-state index contributed by atoms with van der Waals surface area (Å²) in [6.07, 6.45) is 0. The zero-order valence-corrected chi connectivity index (χ0v) is 11.1. The smallest absolute Gasteiger partial charge is 0.241 e. The molecule has 15 heavy (non-hydrogen) atoms. The van der Waals surface area contributed by atoms with Crippen molar-refractivity contribution in [3.63, 3.8) is 0 Å².